The lowest BCUT2D eigenvalue weighted by atomic mass is 9.98. The highest BCUT2D eigenvalue weighted by Crippen LogP contribution is 2.11. The number of hydrogen-bond donors (Lipinski definition) is 3. The Morgan fingerprint density at radius 1 is 1.19 bits per heavy atom. The molecule has 0 aliphatic carbocycles. The van der Waals surface area contributed by atoms with Crippen LogP contribution in [0, 0.1) is 0 Å². The first-order chi connectivity index (χ1) is 9.85. The molecule has 6 heteroatoms. The van der Waals surface area contributed by atoms with Gasteiger partial charge in [0.15, 0.2) is 0 Å². The van der Waals surface area contributed by atoms with Crippen LogP contribution in [0.5, 0.6) is 0 Å². The number of nitrogens with one attached hydrogen (secondary N) is 1. The number of ether oxygens (including phenoxy) is 2. The summed E-state index contributed by atoms with van der Waals surface area (Å²) in [6, 6.07) is 0. The van der Waals surface area contributed by atoms with Crippen molar-refractivity contribution in [2.45, 2.75) is 44.7 Å². The van der Waals surface area contributed by atoms with Crippen LogP contribution in [0.1, 0.15) is 33.6 Å². The van der Waals surface area contributed by atoms with Gasteiger partial charge in [0.2, 0.25) is 0 Å². The summed E-state index contributed by atoms with van der Waals surface area (Å²) in [5.74, 6) is 0. The van der Waals surface area contributed by atoms with Gasteiger partial charge in [-0.25, -0.2) is 0 Å². The van der Waals surface area contributed by atoms with Gasteiger partial charge in [0.1, 0.15) is 0 Å². The van der Waals surface area contributed by atoms with Crippen LogP contribution >= 0.6 is 0 Å². The first kappa shape index (κ1) is 18.8. The van der Waals surface area contributed by atoms with E-state index >= 15 is 0 Å². The van der Waals surface area contributed by atoms with Crippen LogP contribution in [0.3, 0.4) is 0 Å². The predicted molar refractivity (Wildman–Crippen MR) is 86.2 cm³/mol. The van der Waals surface area contributed by atoms with Gasteiger partial charge < -0.3 is 20.9 Å². The zero-order valence-corrected chi connectivity index (χ0v) is 14.0. The molecule has 1 unspecified atom stereocenters. The molecule has 0 saturated carbocycles. The lowest BCUT2D eigenvalue weighted by molar-refractivity contribution is 0.0381. The Kier molecular flexibility index (Phi) is 8.08. The van der Waals surface area contributed by atoms with Crippen molar-refractivity contribution in [1.82, 2.24) is 10.2 Å². The quantitative estimate of drug-likeness (QED) is 0.470. The lowest BCUT2D eigenvalue weighted by Crippen LogP contribution is -2.43. The summed E-state index contributed by atoms with van der Waals surface area (Å²) < 4.78 is 11.1. The Labute approximate surface area is 129 Å². The maximum absolute atomic E-state index is 5.96. The molecule has 1 heterocycles. The van der Waals surface area contributed by atoms with Gasteiger partial charge in [-0.05, 0) is 33.6 Å². The molecule has 126 valence electrons. The summed E-state index contributed by atoms with van der Waals surface area (Å²) >= 11 is 0. The highest BCUT2D eigenvalue weighted by Gasteiger charge is 2.27. The summed E-state index contributed by atoms with van der Waals surface area (Å²) in [6.45, 7) is 12.7. The van der Waals surface area contributed by atoms with Gasteiger partial charge in [-0.1, -0.05) is 0 Å². The van der Waals surface area contributed by atoms with Crippen LogP contribution in [0.25, 0.3) is 0 Å². The van der Waals surface area contributed by atoms with Gasteiger partial charge in [0, 0.05) is 44.0 Å². The first-order valence-electron chi connectivity index (χ1n) is 7.96. The Bertz CT molecular complexity index is 285. The highest BCUT2D eigenvalue weighted by molar-refractivity contribution is 4.87. The molecule has 1 aliphatic heterocycles. The van der Waals surface area contributed by atoms with Crippen molar-refractivity contribution < 1.29 is 9.47 Å². The summed E-state index contributed by atoms with van der Waals surface area (Å²) in [5, 5.41) is 3.46. The van der Waals surface area contributed by atoms with Crippen LogP contribution in [0.4, 0.5) is 0 Å². The van der Waals surface area contributed by atoms with Gasteiger partial charge in [-0.2, -0.15) is 0 Å². The van der Waals surface area contributed by atoms with Gasteiger partial charge >= 0.3 is 0 Å². The minimum absolute atomic E-state index is 0.226. The maximum atomic E-state index is 5.96. The van der Waals surface area contributed by atoms with Crippen LogP contribution in [-0.2, 0) is 9.47 Å². The van der Waals surface area contributed by atoms with E-state index in [1.54, 1.807) is 0 Å². The standard InChI is InChI=1S/C15H34N4O2/c1-14(2)12-19(13-18-14)6-8-21-10-9-20-7-4-5-15(3,17)11-16/h18H,4-13,16-17H2,1-3H3. The molecule has 0 amide bonds. The molecule has 0 aromatic heterocycles. The Balaban J connectivity index is 1.85. The molecule has 1 fully saturated rings. The topological polar surface area (TPSA) is 85.8 Å². The summed E-state index contributed by atoms with van der Waals surface area (Å²) in [4.78, 5) is 2.37. The van der Waals surface area contributed by atoms with E-state index < -0.39 is 0 Å². The summed E-state index contributed by atoms with van der Waals surface area (Å²) in [7, 11) is 0. The molecule has 21 heavy (non-hydrogen) atoms. The average Bonchev–Trinajstić information content (AvgIpc) is 2.76. The summed E-state index contributed by atoms with van der Waals surface area (Å²) in [5.41, 5.74) is 11.5. The zero-order valence-electron chi connectivity index (χ0n) is 14.0. The van der Waals surface area contributed by atoms with Crippen LogP contribution < -0.4 is 16.8 Å². The van der Waals surface area contributed by atoms with E-state index in [1.165, 1.54) is 0 Å². The van der Waals surface area contributed by atoms with Gasteiger partial charge in [0.25, 0.3) is 0 Å². The minimum atomic E-state index is -0.266. The first-order valence-corrected chi connectivity index (χ1v) is 7.96. The fourth-order valence-electron chi connectivity index (χ4n) is 2.35. The zero-order chi connectivity index (χ0) is 15.8. The van der Waals surface area contributed by atoms with Gasteiger partial charge in [-0.15, -0.1) is 0 Å². The molecular formula is C15H34N4O2. The largest absolute Gasteiger partial charge is 0.379 e. The van der Waals surface area contributed by atoms with Crippen molar-refractivity contribution in [3.8, 4) is 0 Å². The third-order valence-electron chi connectivity index (χ3n) is 3.83. The normalized spacial score (nSPS) is 21.6. The molecule has 0 aromatic rings. The van der Waals surface area contributed by atoms with Crippen molar-refractivity contribution in [3.05, 3.63) is 0 Å². The number of nitrogens with zero attached hydrogens (tertiary/aromatic N) is 1. The second kappa shape index (κ2) is 9.02. The van der Waals surface area contributed by atoms with Crippen molar-refractivity contribution in [1.29, 1.82) is 0 Å². The molecule has 1 saturated heterocycles. The van der Waals surface area contributed by atoms with Gasteiger partial charge in [-0.3, -0.25) is 10.2 Å². The van der Waals surface area contributed by atoms with E-state index in [1.807, 2.05) is 6.92 Å². The van der Waals surface area contributed by atoms with Crippen molar-refractivity contribution in [3.63, 3.8) is 0 Å². The SMILES string of the molecule is CC(N)(CN)CCCOCCOCCN1CNC(C)(C)C1. The van der Waals surface area contributed by atoms with E-state index in [0.29, 0.717) is 19.8 Å². The predicted octanol–water partition coefficient (Wildman–Crippen LogP) is 0.117. The van der Waals surface area contributed by atoms with E-state index in [9.17, 15) is 0 Å². The van der Waals surface area contributed by atoms with Gasteiger partial charge in [0.05, 0.1) is 19.8 Å². The number of hydrogen-bond acceptors (Lipinski definition) is 6. The van der Waals surface area contributed by atoms with Crippen LogP contribution in [-0.4, -0.2) is 68.7 Å². The van der Waals surface area contributed by atoms with E-state index in [-0.39, 0.29) is 11.1 Å². The monoisotopic (exact) mass is 302 g/mol. The van der Waals surface area contributed by atoms with E-state index in [4.69, 9.17) is 20.9 Å². The fourth-order valence-corrected chi connectivity index (χ4v) is 2.35. The van der Waals surface area contributed by atoms with Crippen molar-refractivity contribution in [2.24, 2.45) is 11.5 Å². The molecular weight excluding hydrogens is 268 g/mol. The Morgan fingerprint density at radius 3 is 2.43 bits per heavy atom. The van der Waals surface area contributed by atoms with E-state index in [2.05, 4.69) is 24.1 Å². The summed E-state index contributed by atoms with van der Waals surface area (Å²) in [6.07, 6.45) is 1.83. The fraction of sp³-hybridized carbons (Fsp3) is 1.00. The van der Waals surface area contributed by atoms with Crippen molar-refractivity contribution >= 4 is 0 Å². The molecule has 0 bridgehead atoms. The van der Waals surface area contributed by atoms with Crippen LogP contribution in [0.15, 0.2) is 0 Å². The van der Waals surface area contributed by atoms with E-state index in [0.717, 1.165) is 45.8 Å². The molecule has 0 aromatic carbocycles. The number of rotatable bonds is 11. The molecule has 1 aliphatic rings. The molecule has 1 atom stereocenters. The average molecular weight is 302 g/mol. The molecule has 0 spiro atoms. The highest BCUT2D eigenvalue weighted by atomic mass is 16.5. The Hall–Kier alpha value is -0.240. The maximum Gasteiger partial charge on any atom is 0.0701 e. The van der Waals surface area contributed by atoms with Crippen molar-refractivity contribution in [2.75, 3.05) is 52.7 Å². The third kappa shape index (κ3) is 8.70. The minimum Gasteiger partial charge on any atom is -0.379 e. The molecule has 5 N–H and O–H groups in total. The molecule has 0 radical (unpaired) electrons. The smallest absolute Gasteiger partial charge is 0.0701 e. The second-order valence-electron chi connectivity index (χ2n) is 6.96. The lowest BCUT2D eigenvalue weighted by Gasteiger charge is -2.21. The third-order valence-corrected chi connectivity index (χ3v) is 3.83. The Morgan fingerprint density at radius 2 is 1.86 bits per heavy atom. The second-order valence-corrected chi connectivity index (χ2v) is 6.96. The number of nitrogens with two attached hydrogens (primary N) is 2. The van der Waals surface area contributed by atoms with Crippen LogP contribution in [0.2, 0.25) is 0 Å². The molecule has 6 nitrogen and oxygen atoms in total. The molecule has 1 rings (SSSR count).